The number of rotatable bonds is 10. The summed E-state index contributed by atoms with van der Waals surface area (Å²) in [5.41, 5.74) is 1.61. The Labute approximate surface area is 664 Å². The van der Waals surface area contributed by atoms with E-state index >= 15 is 0 Å². The number of para-hydroxylation sites is 2. The quantitative estimate of drug-likeness (QED) is 0.100. The summed E-state index contributed by atoms with van der Waals surface area (Å²) in [5, 5.41) is -1.10. The molecule has 5 aliphatic rings. The van der Waals surface area contributed by atoms with Crippen LogP contribution in [0.3, 0.4) is 0 Å². The van der Waals surface area contributed by atoms with E-state index in [0.29, 0.717) is 71.2 Å². The summed E-state index contributed by atoms with van der Waals surface area (Å²) >= 11 is 0. The van der Waals surface area contributed by atoms with Gasteiger partial charge in [-0.3, -0.25) is 0 Å². The topological polar surface area (TPSA) is 16.3 Å². The third-order valence-electron chi connectivity index (χ3n) is 23.0. The smallest absolute Gasteiger partial charge is 0.252 e. The molecule has 0 bridgehead atoms. The van der Waals surface area contributed by atoms with Gasteiger partial charge in [-0.2, -0.15) is 0 Å². The van der Waals surface area contributed by atoms with E-state index in [1.165, 1.54) is 9.13 Å². The number of aromatic nitrogens is 2. The molecule has 0 saturated heterocycles. The van der Waals surface area contributed by atoms with Gasteiger partial charge in [0.15, 0.2) is 0 Å². The van der Waals surface area contributed by atoms with E-state index in [1.807, 2.05) is 86.3 Å². The second kappa shape index (κ2) is 26.0. The molecule has 4 heterocycles. The van der Waals surface area contributed by atoms with Crippen molar-refractivity contribution in [3.05, 3.63) is 313 Å². The maximum atomic E-state index is 12.1. The van der Waals surface area contributed by atoms with Crippen molar-refractivity contribution in [2.75, 3.05) is 9.80 Å². The Bertz CT molecular complexity index is 7240. The van der Waals surface area contributed by atoms with E-state index in [9.17, 15) is 30.2 Å². The summed E-state index contributed by atoms with van der Waals surface area (Å²) in [6.45, 7) is 17.0. The third-order valence-corrected chi connectivity index (χ3v) is 23.0. The lowest BCUT2D eigenvalue weighted by atomic mass is 9.33. The zero-order valence-corrected chi connectivity index (χ0v) is 61.8. The van der Waals surface area contributed by atoms with Gasteiger partial charge in [0.05, 0.1) is 64.0 Å². The van der Waals surface area contributed by atoms with E-state index in [4.69, 9.17) is 0 Å². The highest BCUT2D eigenvalue weighted by Crippen LogP contribution is 2.56. The first-order chi connectivity index (χ1) is 61.2. The molecule has 0 amide bonds. The van der Waals surface area contributed by atoms with Crippen LogP contribution in [0.5, 0.6) is 0 Å². The molecule has 2 aromatic heterocycles. The molecule has 107 heavy (non-hydrogen) atoms. The summed E-state index contributed by atoms with van der Waals surface area (Å²) in [7, 11) is 0. The molecule has 12 aromatic carbocycles. The average Bonchev–Trinajstić information content (AvgIpc) is 1.16. The van der Waals surface area contributed by atoms with E-state index in [1.54, 1.807) is 65.6 Å². The van der Waals surface area contributed by atoms with Gasteiger partial charge in [-0.15, -0.1) is 0 Å². The molecule has 526 valence electrons. The Balaban J connectivity index is 1.09. The second-order valence-electron chi connectivity index (χ2n) is 32.7. The normalized spacial score (nSPS) is 20.9. The van der Waals surface area contributed by atoms with Crippen LogP contribution >= 0.6 is 0 Å². The lowest BCUT2D eigenvalue weighted by Gasteiger charge is -2.53. The summed E-state index contributed by atoms with van der Waals surface area (Å²) in [4.78, 5) is 3.83. The van der Waals surface area contributed by atoms with Crippen LogP contribution in [0.1, 0.15) is 155 Å². The molecule has 19 rings (SSSR count). The fourth-order valence-electron chi connectivity index (χ4n) is 17.4. The highest BCUT2D eigenvalue weighted by atomic mass is 15.2. The number of allylic oxidation sites excluding steroid dienone is 4. The molecule has 3 aliphatic carbocycles. The van der Waals surface area contributed by atoms with Crippen molar-refractivity contribution < 1.29 is 30.2 Å². The molecule has 0 spiro atoms. The van der Waals surface area contributed by atoms with Gasteiger partial charge in [0.25, 0.3) is 6.71 Å². The minimum atomic E-state index is -1.77. The van der Waals surface area contributed by atoms with Crippen molar-refractivity contribution in [1.82, 2.24) is 9.13 Å². The minimum Gasteiger partial charge on any atom is -0.334 e. The van der Waals surface area contributed by atoms with Crippen molar-refractivity contribution >= 4 is 95.1 Å². The van der Waals surface area contributed by atoms with Crippen LogP contribution in [0, 0.1) is 23.2 Å². The van der Waals surface area contributed by atoms with Crippen LogP contribution in [0.25, 0.3) is 99.5 Å². The molecular weight excluding hydrogens is 1290 g/mol. The lowest BCUT2D eigenvalue weighted by Crippen LogP contribution is -2.64. The summed E-state index contributed by atoms with van der Waals surface area (Å²) < 4.78 is 235. The Morgan fingerprint density at radius 2 is 0.963 bits per heavy atom. The van der Waals surface area contributed by atoms with Crippen LogP contribution in [0.4, 0.5) is 28.4 Å². The lowest BCUT2D eigenvalue weighted by molar-refractivity contribution is 0.220. The largest absolute Gasteiger partial charge is 0.334 e. The zero-order chi connectivity index (χ0) is 91.8. The van der Waals surface area contributed by atoms with E-state index in [-0.39, 0.29) is 129 Å². The van der Waals surface area contributed by atoms with E-state index in [2.05, 4.69) is 78.0 Å². The molecule has 4 atom stereocenters. The molecule has 4 unspecified atom stereocenters. The van der Waals surface area contributed by atoms with E-state index < -0.39 is 162 Å². The molecule has 5 heteroatoms. The first kappa shape index (κ1) is 46.9. The number of benzene rings is 12. The molecule has 4 nitrogen and oxygen atoms in total. The Morgan fingerprint density at radius 3 is 1.48 bits per heavy atom. The first-order valence-electron chi connectivity index (χ1n) is 48.8. The van der Waals surface area contributed by atoms with Gasteiger partial charge in [-0.05, 0) is 218 Å². The molecule has 14 aromatic rings. The first-order valence-corrected chi connectivity index (χ1v) is 37.8. The summed E-state index contributed by atoms with van der Waals surface area (Å²) in [6.07, 6.45) is 14.7. The minimum absolute atomic E-state index is 0.0434. The highest BCUT2D eigenvalue weighted by molar-refractivity contribution is 7.00. The zero-order valence-electron chi connectivity index (χ0n) is 83.8. The molecule has 0 fully saturated rings. The summed E-state index contributed by atoms with van der Waals surface area (Å²) in [6, 6.07) is 26.7. The summed E-state index contributed by atoms with van der Waals surface area (Å²) in [5.74, 6) is -0.766. The van der Waals surface area contributed by atoms with Gasteiger partial charge in [-0.25, -0.2) is 0 Å². The van der Waals surface area contributed by atoms with Gasteiger partial charge in [0.1, 0.15) is 0 Å². The van der Waals surface area contributed by atoms with Crippen LogP contribution in [0.2, 0.25) is 0 Å². The van der Waals surface area contributed by atoms with Crippen molar-refractivity contribution in [2.45, 2.75) is 131 Å². The van der Waals surface area contributed by atoms with Crippen molar-refractivity contribution in [3.63, 3.8) is 0 Å². The van der Waals surface area contributed by atoms with Crippen LogP contribution in [0.15, 0.2) is 302 Å². The predicted octanol–water partition coefficient (Wildman–Crippen LogP) is 25.7. The number of hydrogen-bond acceptors (Lipinski definition) is 2. The van der Waals surface area contributed by atoms with Crippen molar-refractivity contribution in [1.29, 1.82) is 0 Å². The predicted molar refractivity (Wildman–Crippen MR) is 458 cm³/mol. The molecule has 0 saturated carbocycles. The van der Waals surface area contributed by atoms with Gasteiger partial charge < -0.3 is 18.9 Å². The van der Waals surface area contributed by atoms with Gasteiger partial charge in [0, 0.05) is 72.7 Å². The standard InChI is InChI=1S/C102H95BN4/c1-100(2,3)74-58-83(68-36-20-12-21-37-68)98(84(59-74)69-38-22-13-23-39-69)106-93-64-77(104-89-46-30-28-44-79(89)81-52-48-72(56-91(81)104)66-32-16-10-17-33-66)50-54-87(93)103-88-55-51-78(105-90-47-31-29-45-80(90)82-53-49-73(57-92(82)105)67-34-18-11-19-35-67)65-94(88)107(96-63-76(102(7,8)9)62-95(106)97(96)103)99-85(70-40-24-14-25-41-70)60-75(101(4,5)6)61-86(99)71-42-26-15-27-43-71/h10-14,16-24,28-39,42,44-60,62-65,70,75,86,99H,15,25-27,40-41,43,61H2,1-9H3/i28D,29D,30D,31D,44D,45D,46D,47D,48D,49D,50D,51D,52D,53D,54D,55D,56D,57D,62D,63D,64D,65D. The molecule has 2 aliphatic heterocycles. The van der Waals surface area contributed by atoms with E-state index in [0.717, 1.165) is 36.0 Å². The number of fused-ring (bicyclic) bond motifs is 10. The average molecular weight is 1410 g/mol. The molecular formula is C102H95BN4. The third kappa shape index (κ3) is 11.4. The highest BCUT2D eigenvalue weighted by Gasteiger charge is 2.51. The maximum Gasteiger partial charge on any atom is 0.252 e. The van der Waals surface area contributed by atoms with Crippen LogP contribution in [-0.4, -0.2) is 21.9 Å². The van der Waals surface area contributed by atoms with Gasteiger partial charge in [-0.1, -0.05) is 286 Å². The Kier molecular flexibility index (Phi) is 11.4. The fraction of sp³-hybridized carbons (Fsp3) is 0.235. The molecule has 0 radical (unpaired) electrons. The van der Waals surface area contributed by atoms with Gasteiger partial charge in [0.2, 0.25) is 0 Å². The monoisotopic (exact) mass is 1410 g/mol. The van der Waals surface area contributed by atoms with Gasteiger partial charge >= 0.3 is 0 Å². The SMILES string of the molecule is [2H]c1c([2H])c(-n2c3c([2H])c([2H])c([2H])c([2H])c3c3c([2H])c([2H])c(-c4ccccc4)c([2H])c32)c([2H])c2c1B1c3c([2H])c([2H])c(-n4c5c([2H])c([2H])c([2H])c([2H])c5c5c([2H])c([2H])c(-c6ccccc6)c([2H])c54)c([2H])c3N(C3C(C4CC=CCC4)=CC(C(C)(C)C)CC3C3=CCCCC3)c3c([2H])c(C(C)(C)C)c([2H])c(c31)N2c1c(-c2ccccc2)cc(C(C)(C)C)cc1-c1ccccc1. The Hall–Kier alpha value is -10.9. The molecule has 0 N–H and O–H groups in total. The Morgan fingerprint density at radius 1 is 0.449 bits per heavy atom. The number of anilines is 5. The van der Waals surface area contributed by atoms with Crippen LogP contribution in [-0.2, 0) is 10.8 Å². The van der Waals surface area contributed by atoms with Crippen molar-refractivity contribution in [2.24, 2.45) is 23.2 Å². The maximum absolute atomic E-state index is 12.1. The number of hydrogen-bond donors (Lipinski definition) is 0. The fourth-order valence-corrected chi connectivity index (χ4v) is 17.4. The van der Waals surface area contributed by atoms with Crippen molar-refractivity contribution in [3.8, 4) is 55.9 Å². The number of nitrogens with zero attached hydrogens (tertiary/aromatic N) is 4. The van der Waals surface area contributed by atoms with Crippen LogP contribution < -0.4 is 26.2 Å². The second-order valence-corrected chi connectivity index (χ2v) is 32.7.